The Morgan fingerprint density at radius 2 is 2.00 bits per heavy atom. The van der Waals surface area contributed by atoms with Crippen LogP contribution in [0.5, 0.6) is 11.8 Å². The molecule has 8 nitrogen and oxygen atoms in total. The van der Waals surface area contributed by atoms with Crippen molar-refractivity contribution < 1.29 is 19.0 Å². The van der Waals surface area contributed by atoms with E-state index in [1.54, 1.807) is 41.1 Å². The second-order valence-corrected chi connectivity index (χ2v) is 9.09. The number of nitrogens with zero attached hydrogens (tertiary/aromatic N) is 5. The maximum Gasteiger partial charge on any atom is 0.302 e. The average molecular weight is 502 g/mol. The van der Waals surface area contributed by atoms with Crippen molar-refractivity contribution in [2.75, 3.05) is 40.0 Å². The lowest BCUT2D eigenvalue weighted by atomic mass is 9.99. The third-order valence-corrected chi connectivity index (χ3v) is 6.69. The molecule has 9 heteroatoms. The van der Waals surface area contributed by atoms with Gasteiger partial charge >= 0.3 is 6.01 Å². The third-order valence-electron chi connectivity index (χ3n) is 6.69. The van der Waals surface area contributed by atoms with Crippen molar-refractivity contribution in [3.8, 4) is 34.1 Å². The van der Waals surface area contributed by atoms with Gasteiger partial charge < -0.3 is 19.5 Å². The van der Waals surface area contributed by atoms with Crippen LogP contribution in [-0.4, -0.2) is 64.3 Å². The fraction of sp³-hybridized carbons (Fsp3) is 0.321. The first-order valence-corrected chi connectivity index (χ1v) is 12.3. The number of β-amino-alcohol motifs (C(OH)–C–C–N with tert-alkyl or cyclic N) is 1. The molecule has 2 aromatic carbocycles. The Bertz CT molecular complexity index is 1430. The summed E-state index contributed by atoms with van der Waals surface area (Å²) >= 11 is 0. The fourth-order valence-corrected chi connectivity index (χ4v) is 4.87. The van der Waals surface area contributed by atoms with Crippen LogP contribution in [0.1, 0.15) is 12.8 Å². The molecule has 1 aliphatic heterocycles. The first kappa shape index (κ1) is 24.7. The summed E-state index contributed by atoms with van der Waals surface area (Å²) in [4.78, 5) is 15.2. The van der Waals surface area contributed by atoms with Crippen molar-refractivity contribution in [2.24, 2.45) is 5.92 Å². The highest BCUT2D eigenvalue weighted by Gasteiger charge is 2.23. The van der Waals surface area contributed by atoms with E-state index < -0.39 is 5.82 Å². The number of halogens is 1. The molecular formula is C28H28FN5O3. The van der Waals surface area contributed by atoms with Crippen LogP contribution in [0, 0.1) is 18.3 Å². The number of likely N-dealkylation sites (tertiary alicyclic amines) is 1. The molecule has 1 saturated heterocycles. The molecule has 3 heterocycles. The number of hydrogen-bond donors (Lipinski definition) is 1. The van der Waals surface area contributed by atoms with Gasteiger partial charge in [-0.3, -0.25) is 4.40 Å². The summed E-state index contributed by atoms with van der Waals surface area (Å²) in [6.45, 7) is 10.4. The van der Waals surface area contributed by atoms with Crippen LogP contribution in [0.25, 0.3) is 32.9 Å². The van der Waals surface area contributed by atoms with E-state index in [4.69, 9.17) is 21.0 Å². The number of fused-ring (bicyclic) bond motifs is 1. The fourth-order valence-electron chi connectivity index (χ4n) is 4.87. The molecule has 0 spiro atoms. The number of aliphatic hydroxyl groups excluding tert-OH is 1. The lowest BCUT2D eigenvalue weighted by Gasteiger charge is -2.32. The number of aliphatic hydroxyl groups is 1. The van der Waals surface area contributed by atoms with Crippen LogP contribution >= 0.6 is 0 Å². The first-order chi connectivity index (χ1) is 18.1. The molecule has 5 rings (SSSR count). The van der Waals surface area contributed by atoms with Gasteiger partial charge in [-0.2, -0.15) is 4.98 Å². The van der Waals surface area contributed by atoms with E-state index in [0.29, 0.717) is 53.2 Å². The molecule has 4 aromatic rings. The van der Waals surface area contributed by atoms with E-state index >= 15 is 0 Å². The lowest BCUT2D eigenvalue weighted by molar-refractivity contribution is 0.107. The standard InChI is InChI=1S/C28H28FN5O3/c1-30-22-8-5-20(6-9-22)26-25(21-7-10-24(36-2)23(29)16-21)27-31-11-13-34(27)28(32-26)37-18-19-4-3-12-33(17-19)14-15-35/h5-11,13,16,19,35H,3-4,12,14-15,17-18H2,2H3/t19-/m1/s1. The number of aromatic nitrogens is 3. The number of methoxy groups -OCH3 is 1. The Morgan fingerprint density at radius 3 is 2.73 bits per heavy atom. The van der Waals surface area contributed by atoms with Crippen molar-refractivity contribution in [3.05, 3.63) is 72.1 Å². The predicted octanol–water partition coefficient (Wildman–Crippen LogP) is 4.84. The van der Waals surface area contributed by atoms with Crippen LogP contribution in [0.3, 0.4) is 0 Å². The molecule has 0 bridgehead atoms. The van der Waals surface area contributed by atoms with Gasteiger partial charge in [0.25, 0.3) is 0 Å². The zero-order chi connectivity index (χ0) is 25.8. The number of ether oxygens (including phenoxy) is 2. The van der Waals surface area contributed by atoms with Gasteiger partial charge in [-0.05, 0) is 42.6 Å². The Labute approximate surface area is 214 Å². The van der Waals surface area contributed by atoms with Crippen molar-refractivity contribution >= 4 is 11.3 Å². The van der Waals surface area contributed by atoms with Gasteiger partial charge in [-0.25, -0.2) is 14.2 Å². The van der Waals surface area contributed by atoms with Crippen LogP contribution in [-0.2, 0) is 0 Å². The van der Waals surface area contributed by atoms with Gasteiger partial charge in [0.2, 0.25) is 0 Å². The Morgan fingerprint density at radius 1 is 1.19 bits per heavy atom. The topological polar surface area (TPSA) is 76.5 Å². The van der Waals surface area contributed by atoms with Crippen molar-refractivity contribution in [2.45, 2.75) is 12.8 Å². The molecular weight excluding hydrogens is 473 g/mol. The maximum atomic E-state index is 14.7. The Balaban J connectivity index is 1.57. The van der Waals surface area contributed by atoms with Crippen LogP contribution in [0.2, 0.25) is 0 Å². The molecule has 1 fully saturated rings. The minimum Gasteiger partial charge on any atom is -0.494 e. The molecule has 0 unspecified atom stereocenters. The monoisotopic (exact) mass is 501 g/mol. The number of benzene rings is 2. The molecule has 0 amide bonds. The number of rotatable bonds is 8. The van der Waals surface area contributed by atoms with Crippen molar-refractivity contribution in [1.82, 2.24) is 19.3 Å². The Kier molecular flexibility index (Phi) is 7.30. The van der Waals surface area contributed by atoms with Crippen LogP contribution in [0.15, 0.2) is 54.9 Å². The highest BCUT2D eigenvalue weighted by atomic mass is 19.1. The molecule has 37 heavy (non-hydrogen) atoms. The zero-order valence-corrected chi connectivity index (χ0v) is 20.6. The predicted molar refractivity (Wildman–Crippen MR) is 138 cm³/mol. The van der Waals surface area contributed by atoms with Gasteiger partial charge in [-0.15, -0.1) is 0 Å². The summed E-state index contributed by atoms with van der Waals surface area (Å²) in [7, 11) is 1.43. The van der Waals surface area contributed by atoms with Gasteiger partial charge in [0.05, 0.1) is 38.2 Å². The summed E-state index contributed by atoms with van der Waals surface area (Å²) in [5, 5.41) is 9.31. The number of piperidine rings is 1. The average Bonchev–Trinajstić information content (AvgIpc) is 3.42. The summed E-state index contributed by atoms with van der Waals surface area (Å²) in [6.07, 6.45) is 5.56. The molecule has 0 saturated carbocycles. The molecule has 1 N–H and O–H groups in total. The van der Waals surface area contributed by atoms with Gasteiger partial charge in [-0.1, -0.05) is 30.3 Å². The molecule has 190 valence electrons. The van der Waals surface area contributed by atoms with E-state index in [9.17, 15) is 9.50 Å². The SMILES string of the molecule is [C-]#[N+]c1ccc(-c2nc(OC[C@@H]3CCCN(CCO)C3)n3ccnc3c2-c2ccc(OC)c(F)c2)cc1. The van der Waals surface area contributed by atoms with Crippen molar-refractivity contribution in [3.63, 3.8) is 0 Å². The van der Waals surface area contributed by atoms with Crippen LogP contribution < -0.4 is 9.47 Å². The van der Waals surface area contributed by atoms with E-state index in [1.807, 2.05) is 12.1 Å². The maximum absolute atomic E-state index is 14.7. The van der Waals surface area contributed by atoms with Crippen molar-refractivity contribution in [1.29, 1.82) is 0 Å². The van der Waals surface area contributed by atoms with Gasteiger partial charge in [0.15, 0.2) is 22.9 Å². The molecule has 2 aromatic heterocycles. The normalized spacial score (nSPS) is 16.0. The van der Waals surface area contributed by atoms with E-state index in [0.717, 1.165) is 31.5 Å². The largest absolute Gasteiger partial charge is 0.494 e. The number of imidazole rings is 1. The molecule has 0 radical (unpaired) electrons. The van der Waals surface area contributed by atoms with E-state index in [2.05, 4.69) is 14.7 Å². The second-order valence-electron chi connectivity index (χ2n) is 9.09. The first-order valence-electron chi connectivity index (χ1n) is 12.3. The highest BCUT2D eigenvalue weighted by molar-refractivity contribution is 5.90. The quantitative estimate of drug-likeness (QED) is 0.348. The van der Waals surface area contributed by atoms with Crippen LogP contribution in [0.4, 0.5) is 10.1 Å². The molecule has 0 aliphatic carbocycles. The summed E-state index contributed by atoms with van der Waals surface area (Å²) in [6, 6.07) is 12.3. The smallest absolute Gasteiger partial charge is 0.302 e. The third kappa shape index (κ3) is 5.12. The Hall–Kier alpha value is -4.00. The molecule has 1 aliphatic rings. The summed E-state index contributed by atoms with van der Waals surface area (Å²) < 4.78 is 27.9. The lowest BCUT2D eigenvalue weighted by Crippen LogP contribution is -2.39. The number of hydrogen-bond acceptors (Lipinski definition) is 6. The van der Waals surface area contributed by atoms with E-state index in [-0.39, 0.29) is 12.4 Å². The van der Waals surface area contributed by atoms with Gasteiger partial charge in [0.1, 0.15) is 0 Å². The summed E-state index contributed by atoms with van der Waals surface area (Å²) in [5.41, 5.74) is 3.71. The van der Waals surface area contributed by atoms with Gasteiger partial charge in [0, 0.05) is 31.4 Å². The highest BCUT2D eigenvalue weighted by Crippen LogP contribution is 2.38. The minimum absolute atomic E-state index is 0.147. The van der Waals surface area contributed by atoms with E-state index in [1.165, 1.54) is 13.2 Å². The minimum atomic E-state index is -0.482. The summed E-state index contributed by atoms with van der Waals surface area (Å²) in [5.74, 6) is -0.0109. The zero-order valence-electron chi connectivity index (χ0n) is 20.6. The molecule has 1 atom stereocenters. The second kappa shape index (κ2) is 10.9.